The molecular formula is C25H23F3N2O3. The Morgan fingerprint density at radius 1 is 1.03 bits per heavy atom. The van der Waals surface area contributed by atoms with Gasteiger partial charge >= 0.3 is 6.18 Å². The van der Waals surface area contributed by atoms with Crippen LogP contribution in [0.4, 0.5) is 13.2 Å². The number of carbonyl (C=O) groups is 2. The minimum Gasteiger partial charge on any atom is -0.506 e. The predicted molar refractivity (Wildman–Crippen MR) is 118 cm³/mol. The van der Waals surface area contributed by atoms with Gasteiger partial charge in [0.05, 0.1) is 11.1 Å². The molecule has 5 nitrogen and oxygen atoms in total. The zero-order chi connectivity index (χ0) is 23.6. The predicted octanol–water partition coefficient (Wildman–Crippen LogP) is 4.53. The number of aromatic hydroxyl groups is 1. The molecular weight excluding hydrogens is 433 g/mol. The van der Waals surface area contributed by atoms with Crippen LogP contribution in [0.15, 0.2) is 60.7 Å². The number of nitrogens with zero attached hydrogens (tertiary/aromatic N) is 1. The fourth-order valence-electron chi connectivity index (χ4n) is 4.17. The number of halogens is 3. The van der Waals surface area contributed by atoms with E-state index in [1.807, 2.05) is 12.1 Å². The maximum absolute atomic E-state index is 13.1. The van der Waals surface area contributed by atoms with Crippen LogP contribution in [0.2, 0.25) is 0 Å². The summed E-state index contributed by atoms with van der Waals surface area (Å²) < 4.78 is 38.0. The van der Waals surface area contributed by atoms with Gasteiger partial charge < -0.3 is 15.3 Å². The molecule has 2 N–H and O–H groups in total. The third kappa shape index (κ3) is 4.79. The van der Waals surface area contributed by atoms with Gasteiger partial charge in [-0.05, 0) is 48.4 Å². The molecule has 0 aromatic heterocycles. The smallest absolute Gasteiger partial charge is 0.416 e. The van der Waals surface area contributed by atoms with E-state index in [-0.39, 0.29) is 23.8 Å². The fraction of sp³-hybridized carbons (Fsp3) is 0.280. The number of nitrogens with one attached hydrogen (secondary N) is 1. The summed E-state index contributed by atoms with van der Waals surface area (Å²) in [4.78, 5) is 27.3. The van der Waals surface area contributed by atoms with Gasteiger partial charge in [0.2, 0.25) is 5.91 Å². The molecule has 2 amide bonds. The second kappa shape index (κ2) is 9.13. The zero-order valence-electron chi connectivity index (χ0n) is 17.7. The second-order valence-electron chi connectivity index (χ2n) is 8.08. The zero-order valence-corrected chi connectivity index (χ0v) is 17.7. The Bertz CT molecular complexity index is 1180. The van der Waals surface area contributed by atoms with E-state index in [2.05, 4.69) is 5.32 Å². The Hall–Kier alpha value is -3.55. The maximum atomic E-state index is 13.1. The molecule has 1 fully saturated rings. The molecule has 3 aromatic rings. The van der Waals surface area contributed by atoms with Crippen LogP contribution < -0.4 is 5.32 Å². The van der Waals surface area contributed by atoms with E-state index in [0.717, 1.165) is 17.5 Å². The molecule has 1 heterocycles. The van der Waals surface area contributed by atoms with E-state index in [1.165, 1.54) is 17.0 Å². The number of alkyl halides is 3. The Morgan fingerprint density at radius 3 is 2.48 bits per heavy atom. The SMILES string of the molecule is O=C(NCCc1ccc(C(F)(F)F)cc1)C1CCCN1C(=O)c1ccc2ccccc2c1O. The van der Waals surface area contributed by atoms with Crippen molar-refractivity contribution in [3.8, 4) is 5.75 Å². The molecule has 0 saturated carbocycles. The van der Waals surface area contributed by atoms with Crippen LogP contribution in [0.1, 0.15) is 34.3 Å². The van der Waals surface area contributed by atoms with Crippen LogP contribution in [-0.4, -0.2) is 41.0 Å². The standard InChI is InChI=1S/C25H23F3N2O3/c26-25(27,28)18-10-7-16(8-11-18)13-14-29-23(32)21-6-3-15-30(21)24(33)20-12-9-17-4-1-2-5-19(17)22(20)31/h1-2,4-5,7-12,21,31H,3,6,13-15H2,(H,29,32). The summed E-state index contributed by atoms with van der Waals surface area (Å²) in [5.41, 5.74) is 0.106. The van der Waals surface area contributed by atoms with E-state index in [0.29, 0.717) is 36.8 Å². The molecule has 172 valence electrons. The molecule has 0 spiro atoms. The number of rotatable bonds is 5. The minimum absolute atomic E-state index is 0.105. The maximum Gasteiger partial charge on any atom is 0.416 e. The number of phenols is 1. The molecule has 1 unspecified atom stereocenters. The number of carbonyl (C=O) groups excluding carboxylic acids is 2. The third-order valence-electron chi connectivity index (χ3n) is 5.94. The Morgan fingerprint density at radius 2 is 1.76 bits per heavy atom. The van der Waals surface area contributed by atoms with Gasteiger partial charge in [0.1, 0.15) is 11.8 Å². The van der Waals surface area contributed by atoms with Gasteiger partial charge in [-0.1, -0.05) is 42.5 Å². The van der Waals surface area contributed by atoms with Crippen LogP contribution in [0, 0.1) is 0 Å². The van der Waals surface area contributed by atoms with E-state index < -0.39 is 23.7 Å². The van der Waals surface area contributed by atoms with Crippen molar-refractivity contribution < 1.29 is 27.9 Å². The first-order chi connectivity index (χ1) is 15.8. The number of likely N-dealkylation sites (tertiary alicyclic amines) is 1. The lowest BCUT2D eigenvalue weighted by molar-refractivity contribution is -0.137. The number of hydrogen-bond donors (Lipinski definition) is 2. The molecule has 1 aliphatic rings. The summed E-state index contributed by atoms with van der Waals surface area (Å²) in [6, 6.07) is 14.7. The summed E-state index contributed by atoms with van der Waals surface area (Å²) in [5, 5.41) is 14.8. The van der Waals surface area contributed by atoms with Gasteiger partial charge in [-0.2, -0.15) is 13.2 Å². The van der Waals surface area contributed by atoms with Gasteiger partial charge in [-0.25, -0.2) is 0 Å². The van der Waals surface area contributed by atoms with Crippen molar-refractivity contribution in [2.45, 2.75) is 31.5 Å². The fourth-order valence-corrected chi connectivity index (χ4v) is 4.17. The van der Waals surface area contributed by atoms with Gasteiger partial charge in [-0.15, -0.1) is 0 Å². The van der Waals surface area contributed by atoms with Crippen molar-refractivity contribution >= 4 is 22.6 Å². The van der Waals surface area contributed by atoms with E-state index >= 15 is 0 Å². The topological polar surface area (TPSA) is 69.6 Å². The lowest BCUT2D eigenvalue weighted by atomic mass is 10.0. The highest BCUT2D eigenvalue weighted by atomic mass is 19.4. The average Bonchev–Trinajstić information content (AvgIpc) is 3.29. The Kier molecular flexibility index (Phi) is 6.26. The molecule has 1 aliphatic heterocycles. The van der Waals surface area contributed by atoms with Crippen molar-refractivity contribution in [1.29, 1.82) is 0 Å². The molecule has 33 heavy (non-hydrogen) atoms. The van der Waals surface area contributed by atoms with Crippen LogP contribution in [0.3, 0.4) is 0 Å². The highest BCUT2D eigenvalue weighted by Gasteiger charge is 2.35. The summed E-state index contributed by atoms with van der Waals surface area (Å²) in [6.07, 6.45) is -2.84. The Balaban J connectivity index is 1.39. The summed E-state index contributed by atoms with van der Waals surface area (Å²) in [6.45, 7) is 0.645. The number of phenolic OH excluding ortho intramolecular Hbond substituents is 1. The Labute approximate surface area is 188 Å². The van der Waals surface area contributed by atoms with Gasteiger partial charge in [0.25, 0.3) is 5.91 Å². The van der Waals surface area contributed by atoms with Crippen LogP contribution >= 0.6 is 0 Å². The molecule has 0 radical (unpaired) electrons. The number of fused-ring (bicyclic) bond motifs is 1. The molecule has 4 rings (SSSR count). The normalized spacial score (nSPS) is 16.2. The highest BCUT2D eigenvalue weighted by molar-refractivity contribution is 6.05. The van der Waals surface area contributed by atoms with Gasteiger partial charge in [0.15, 0.2) is 0 Å². The second-order valence-corrected chi connectivity index (χ2v) is 8.08. The number of benzene rings is 3. The van der Waals surface area contributed by atoms with Gasteiger partial charge in [-0.3, -0.25) is 9.59 Å². The quantitative estimate of drug-likeness (QED) is 0.593. The van der Waals surface area contributed by atoms with Crippen molar-refractivity contribution in [3.05, 3.63) is 77.4 Å². The van der Waals surface area contributed by atoms with E-state index in [4.69, 9.17) is 0 Å². The van der Waals surface area contributed by atoms with E-state index in [9.17, 15) is 27.9 Å². The van der Waals surface area contributed by atoms with Gasteiger partial charge in [0, 0.05) is 18.5 Å². The largest absolute Gasteiger partial charge is 0.506 e. The summed E-state index contributed by atoms with van der Waals surface area (Å²) in [5.74, 6) is -0.821. The number of hydrogen-bond acceptors (Lipinski definition) is 3. The van der Waals surface area contributed by atoms with Crippen molar-refractivity contribution in [2.24, 2.45) is 0 Å². The first-order valence-corrected chi connectivity index (χ1v) is 10.7. The molecule has 0 bridgehead atoms. The van der Waals surface area contributed by atoms with Crippen LogP contribution in [0.5, 0.6) is 5.75 Å². The molecule has 3 aromatic carbocycles. The monoisotopic (exact) mass is 456 g/mol. The van der Waals surface area contributed by atoms with Crippen molar-refractivity contribution in [2.75, 3.05) is 13.1 Å². The highest BCUT2D eigenvalue weighted by Crippen LogP contribution is 2.31. The van der Waals surface area contributed by atoms with Crippen molar-refractivity contribution in [3.63, 3.8) is 0 Å². The molecule has 8 heteroatoms. The van der Waals surface area contributed by atoms with Crippen LogP contribution in [-0.2, 0) is 17.4 Å². The lowest BCUT2D eigenvalue weighted by Gasteiger charge is -2.24. The number of amides is 2. The summed E-state index contributed by atoms with van der Waals surface area (Å²) >= 11 is 0. The first kappa shape index (κ1) is 22.6. The van der Waals surface area contributed by atoms with E-state index in [1.54, 1.807) is 24.3 Å². The van der Waals surface area contributed by atoms with Crippen molar-refractivity contribution in [1.82, 2.24) is 10.2 Å². The molecule has 1 saturated heterocycles. The molecule has 0 aliphatic carbocycles. The average molecular weight is 456 g/mol. The minimum atomic E-state index is -4.38. The van der Waals surface area contributed by atoms with Crippen LogP contribution in [0.25, 0.3) is 10.8 Å². The summed E-state index contributed by atoms with van der Waals surface area (Å²) in [7, 11) is 0. The molecule has 1 atom stereocenters. The first-order valence-electron chi connectivity index (χ1n) is 10.7. The third-order valence-corrected chi connectivity index (χ3v) is 5.94. The lowest BCUT2D eigenvalue weighted by Crippen LogP contribution is -2.46.